The number of fused-ring (bicyclic) bond motifs is 1. The molecule has 1 amide bonds. The number of amides is 1. The van der Waals surface area contributed by atoms with Crippen molar-refractivity contribution in [2.75, 3.05) is 13.1 Å². The van der Waals surface area contributed by atoms with Crippen molar-refractivity contribution in [1.82, 2.24) is 15.2 Å². The second-order valence-electron chi connectivity index (χ2n) is 6.75. The molecule has 1 aromatic heterocycles. The summed E-state index contributed by atoms with van der Waals surface area (Å²) >= 11 is 0. The number of carbonyl (C=O) groups excluding carboxylic acids is 1. The lowest BCUT2D eigenvalue weighted by molar-refractivity contribution is 0.0904. The van der Waals surface area contributed by atoms with Crippen molar-refractivity contribution in [1.29, 1.82) is 0 Å². The van der Waals surface area contributed by atoms with Crippen LogP contribution in [0, 0.1) is 5.92 Å². The fourth-order valence-corrected chi connectivity index (χ4v) is 3.39. The largest absolute Gasteiger partial charge is 0.350 e. The first kappa shape index (κ1) is 16.7. The third-order valence-electron chi connectivity index (χ3n) is 4.81. The molecule has 0 saturated carbocycles. The Morgan fingerprint density at radius 3 is 2.58 bits per heavy atom. The third-order valence-corrected chi connectivity index (χ3v) is 4.81. The SMILES string of the molecule is CC(C)C(CNC(=O)c1ccncc1)N1CCc2ccccc2C1. The maximum absolute atomic E-state index is 12.3. The van der Waals surface area contributed by atoms with Crippen molar-refractivity contribution < 1.29 is 4.79 Å². The van der Waals surface area contributed by atoms with Gasteiger partial charge in [-0.25, -0.2) is 0 Å². The zero-order chi connectivity index (χ0) is 16.9. The molecule has 3 rings (SSSR count). The standard InChI is InChI=1S/C20H25N3O/c1-15(2)19(13-22-20(24)17-7-10-21-11-8-17)23-12-9-16-5-3-4-6-18(16)14-23/h3-8,10-11,15,19H,9,12-14H2,1-2H3,(H,22,24). The van der Waals surface area contributed by atoms with Gasteiger partial charge in [0.15, 0.2) is 0 Å². The van der Waals surface area contributed by atoms with Crippen LogP contribution < -0.4 is 5.32 Å². The van der Waals surface area contributed by atoms with E-state index in [2.05, 4.69) is 53.3 Å². The number of rotatable bonds is 5. The summed E-state index contributed by atoms with van der Waals surface area (Å²) in [5.41, 5.74) is 3.53. The highest BCUT2D eigenvalue weighted by Gasteiger charge is 2.26. The Labute approximate surface area is 143 Å². The van der Waals surface area contributed by atoms with E-state index < -0.39 is 0 Å². The molecule has 4 heteroatoms. The van der Waals surface area contributed by atoms with Gasteiger partial charge in [-0.15, -0.1) is 0 Å². The molecule has 2 aromatic rings. The maximum Gasteiger partial charge on any atom is 0.251 e. The lowest BCUT2D eigenvalue weighted by Crippen LogP contribution is -2.48. The monoisotopic (exact) mass is 323 g/mol. The van der Waals surface area contributed by atoms with Crippen molar-refractivity contribution in [3.63, 3.8) is 0 Å². The van der Waals surface area contributed by atoms with Gasteiger partial charge in [0.05, 0.1) is 0 Å². The van der Waals surface area contributed by atoms with Crippen molar-refractivity contribution in [2.24, 2.45) is 5.92 Å². The van der Waals surface area contributed by atoms with E-state index in [1.54, 1.807) is 24.5 Å². The molecule has 24 heavy (non-hydrogen) atoms. The predicted octanol–water partition coefficient (Wildman–Crippen LogP) is 2.89. The molecule has 0 aliphatic carbocycles. The van der Waals surface area contributed by atoms with Crippen LogP contribution >= 0.6 is 0 Å². The van der Waals surface area contributed by atoms with Crippen molar-refractivity contribution in [3.05, 3.63) is 65.5 Å². The second-order valence-corrected chi connectivity index (χ2v) is 6.75. The van der Waals surface area contributed by atoms with Gasteiger partial charge in [0.25, 0.3) is 5.91 Å². The highest BCUT2D eigenvalue weighted by atomic mass is 16.1. The highest BCUT2D eigenvalue weighted by molar-refractivity contribution is 5.93. The van der Waals surface area contributed by atoms with Crippen LogP contribution in [0.4, 0.5) is 0 Å². The van der Waals surface area contributed by atoms with Gasteiger partial charge in [-0.05, 0) is 35.6 Å². The Morgan fingerprint density at radius 1 is 1.17 bits per heavy atom. The van der Waals surface area contributed by atoms with Gasteiger partial charge in [0.1, 0.15) is 0 Å². The van der Waals surface area contributed by atoms with Gasteiger partial charge in [-0.3, -0.25) is 14.7 Å². The highest BCUT2D eigenvalue weighted by Crippen LogP contribution is 2.22. The minimum atomic E-state index is -0.0274. The first-order chi connectivity index (χ1) is 11.6. The van der Waals surface area contributed by atoms with Gasteiger partial charge in [-0.2, -0.15) is 0 Å². The summed E-state index contributed by atoms with van der Waals surface area (Å²) in [6, 6.07) is 12.5. The van der Waals surface area contributed by atoms with E-state index in [9.17, 15) is 4.79 Å². The predicted molar refractivity (Wildman–Crippen MR) is 95.8 cm³/mol. The normalized spacial score (nSPS) is 15.8. The first-order valence-electron chi connectivity index (χ1n) is 8.64. The molecule has 0 radical (unpaired) electrons. The Morgan fingerprint density at radius 2 is 1.88 bits per heavy atom. The molecule has 0 spiro atoms. The summed E-state index contributed by atoms with van der Waals surface area (Å²) < 4.78 is 0. The van der Waals surface area contributed by atoms with E-state index in [0.29, 0.717) is 24.1 Å². The van der Waals surface area contributed by atoms with Crippen LogP contribution in [0.3, 0.4) is 0 Å². The zero-order valence-electron chi connectivity index (χ0n) is 14.4. The molecule has 0 fully saturated rings. The van der Waals surface area contributed by atoms with Gasteiger partial charge in [0.2, 0.25) is 0 Å². The lowest BCUT2D eigenvalue weighted by Gasteiger charge is -2.38. The molecule has 4 nitrogen and oxygen atoms in total. The van der Waals surface area contributed by atoms with E-state index >= 15 is 0 Å². The molecule has 0 saturated heterocycles. The maximum atomic E-state index is 12.3. The van der Waals surface area contributed by atoms with Gasteiger partial charge < -0.3 is 5.32 Å². The Bertz CT molecular complexity index is 684. The Hall–Kier alpha value is -2.20. The van der Waals surface area contributed by atoms with Gasteiger partial charge in [0, 0.05) is 43.6 Å². The summed E-state index contributed by atoms with van der Waals surface area (Å²) in [4.78, 5) is 18.8. The van der Waals surface area contributed by atoms with Crippen LogP contribution in [-0.2, 0) is 13.0 Å². The minimum Gasteiger partial charge on any atom is -0.350 e. The van der Waals surface area contributed by atoms with E-state index in [1.165, 1.54) is 11.1 Å². The topological polar surface area (TPSA) is 45.2 Å². The Balaban J connectivity index is 1.64. The molecule has 2 heterocycles. The third kappa shape index (κ3) is 3.82. The summed E-state index contributed by atoms with van der Waals surface area (Å²) in [6.07, 6.45) is 4.38. The molecule has 1 N–H and O–H groups in total. The van der Waals surface area contributed by atoms with Crippen LogP contribution in [0.15, 0.2) is 48.8 Å². The summed E-state index contributed by atoms with van der Waals surface area (Å²) in [5.74, 6) is 0.452. The number of aromatic nitrogens is 1. The minimum absolute atomic E-state index is 0.0274. The number of nitrogens with zero attached hydrogens (tertiary/aromatic N) is 2. The fourth-order valence-electron chi connectivity index (χ4n) is 3.39. The quantitative estimate of drug-likeness (QED) is 0.920. The van der Waals surface area contributed by atoms with Crippen LogP contribution in [0.25, 0.3) is 0 Å². The van der Waals surface area contributed by atoms with Gasteiger partial charge >= 0.3 is 0 Å². The second kappa shape index (κ2) is 7.58. The van der Waals surface area contributed by atoms with Crippen LogP contribution in [-0.4, -0.2) is 34.9 Å². The molecule has 1 aliphatic heterocycles. The molecule has 1 aliphatic rings. The fraction of sp³-hybridized carbons (Fsp3) is 0.400. The van der Waals surface area contributed by atoms with E-state index in [4.69, 9.17) is 0 Å². The smallest absolute Gasteiger partial charge is 0.251 e. The van der Waals surface area contributed by atoms with Crippen LogP contribution in [0.5, 0.6) is 0 Å². The Kier molecular flexibility index (Phi) is 5.26. The van der Waals surface area contributed by atoms with Crippen molar-refractivity contribution >= 4 is 5.91 Å². The average molecular weight is 323 g/mol. The molecule has 1 atom stereocenters. The van der Waals surface area contributed by atoms with Crippen molar-refractivity contribution in [3.8, 4) is 0 Å². The number of pyridine rings is 1. The molecule has 1 unspecified atom stereocenters. The lowest BCUT2D eigenvalue weighted by atomic mass is 9.95. The molecular weight excluding hydrogens is 298 g/mol. The molecule has 126 valence electrons. The summed E-state index contributed by atoms with van der Waals surface area (Å²) in [7, 11) is 0. The van der Waals surface area contributed by atoms with Crippen molar-refractivity contribution in [2.45, 2.75) is 32.9 Å². The number of carbonyl (C=O) groups is 1. The summed E-state index contributed by atoms with van der Waals surface area (Å²) in [5, 5.41) is 3.09. The average Bonchev–Trinajstić information content (AvgIpc) is 2.62. The summed E-state index contributed by atoms with van der Waals surface area (Å²) in [6.45, 7) is 7.13. The number of nitrogens with one attached hydrogen (secondary N) is 1. The van der Waals surface area contributed by atoms with Gasteiger partial charge in [-0.1, -0.05) is 38.1 Å². The van der Waals surface area contributed by atoms with E-state index in [0.717, 1.165) is 19.5 Å². The first-order valence-corrected chi connectivity index (χ1v) is 8.64. The van der Waals surface area contributed by atoms with Crippen LogP contribution in [0.2, 0.25) is 0 Å². The number of hydrogen-bond acceptors (Lipinski definition) is 3. The molecule has 1 aromatic carbocycles. The van der Waals surface area contributed by atoms with E-state index in [1.807, 2.05) is 0 Å². The zero-order valence-corrected chi connectivity index (χ0v) is 14.4. The number of hydrogen-bond donors (Lipinski definition) is 1. The van der Waals surface area contributed by atoms with Crippen LogP contribution in [0.1, 0.15) is 35.3 Å². The molecular formula is C20H25N3O. The number of benzene rings is 1. The molecule has 0 bridgehead atoms. The van der Waals surface area contributed by atoms with E-state index in [-0.39, 0.29) is 5.91 Å².